The van der Waals surface area contributed by atoms with Crippen molar-refractivity contribution in [2.45, 2.75) is 361 Å². The molecule has 0 aromatic carbocycles. The monoisotopic (exact) mass is 961 g/mol. The van der Waals surface area contributed by atoms with Gasteiger partial charge >= 0.3 is 17.9 Å². The summed E-state index contributed by atoms with van der Waals surface area (Å²) < 4.78 is 16.9. The second kappa shape index (κ2) is 56.3. The number of hydrogen-bond donors (Lipinski definition) is 0. The molecule has 0 aliphatic carbocycles. The van der Waals surface area contributed by atoms with Gasteiger partial charge in [0.1, 0.15) is 13.2 Å². The van der Waals surface area contributed by atoms with Crippen LogP contribution >= 0.6 is 0 Å². The Kier molecular flexibility index (Phi) is 55.0. The third kappa shape index (κ3) is 53.8. The standard InChI is InChI=1S/C62H120O6/c1-5-8-10-12-14-16-18-20-22-24-25-27-28-30-32-37-41-45-49-53-60(63)66-56-59(57-67-61(64)54-50-46-42-38-35-34-36-40-44-48-52-58(4)7-3)68-62(65)55-51-47-43-39-33-31-29-26-23-21-19-17-15-13-11-9-6-2/h58-59H,5-57H2,1-4H3/t58?,59-/m0/s1. The number of unbranched alkanes of at least 4 members (excludes halogenated alkanes) is 43. The van der Waals surface area contributed by atoms with Gasteiger partial charge in [-0.05, 0) is 25.2 Å². The quantitative estimate of drug-likeness (QED) is 0.0343. The molecule has 0 spiro atoms. The Labute approximate surface area is 425 Å². The fourth-order valence-corrected chi connectivity index (χ4v) is 9.60. The van der Waals surface area contributed by atoms with E-state index in [2.05, 4.69) is 27.7 Å². The Bertz CT molecular complexity index is 1030. The van der Waals surface area contributed by atoms with E-state index in [1.54, 1.807) is 0 Å². The molecule has 0 aromatic heterocycles. The molecule has 0 aliphatic heterocycles. The zero-order valence-corrected chi connectivity index (χ0v) is 46.6. The molecule has 0 heterocycles. The zero-order valence-electron chi connectivity index (χ0n) is 46.6. The van der Waals surface area contributed by atoms with Crippen LogP contribution in [0.3, 0.4) is 0 Å². The minimum absolute atomic E-state index is 0.0616. The normalized spacial score (nSPS) is 12.4. The fourth-order valence-electron chi connectivity index (χ4n) is 9.60. The summed E-state index contributed by atoms with van der Waals surface area (Å²) in [6, 6.07) is 0. The van der Waals surface area contributed by atoms with E-state index in [0.717, 1.165) is 63.7 Å². The second-order valence-electron chi connectivity index (χ2n) is 21.6. The van der Waals surface area contributed by atoms with Gasteiger partial charge < -0.3 is 14.2 Å². The number of carbonyl (C=O) groups is 3. The van der Waals surface area contributed by atoms with Crippen LogP contribution in [0.4, 0.5) is 0 Å². The maximum absolute atomic E-state index is 12.9. The Balaban J connectivity index is 4.28. The van der Waals surface area contributed by atoms with Crippen LogP contribution in [-0.2, 0) is 28.6 Å². The van der Waals surface area contributed by atoms with E-state index in [4.69, 9.17) is 14.2 Å². The van der Waals surface area contributed by atoms with Crippen molar-refractivity contribution in [3.05, 3.63) is 0 Å². The van der Waals surface area contributed by atoms with Gasteiger partial charge in [0, 0.05) is 19.3 Å². The summed E-state index contributed by atoms with van der Waals surface area (Å²) in [4.78, 5) is 38.2. The maximum Gasteiger partial charge on any atom is 0.306 e. The van der Waals surface area contributed by atoms with E-state index >= 15 is 0 Å². The van der Waals surface area contributed by atoms with Crippen molar-refractivity contribution in [2.24, 2.45) is 5.92 Å². The van der Waals surface area contributed by atoms with Crippen LogP contribution in [0.5, 0.6) is 0 Å². The van der Waals surface area contributed by atoms with E-state index in [-0.39, 0.29) is 31.1 Å². The first-order valence-electron chi connectivity index (χ1n) is 30.9. The molecule has 6 nitrogen and oxygen atoms in total. The van der Waals surface area contributed by atoms with E-state index in [1.165, 1.54) is 250 Å². The number of ether oxygens (including phenoxy) is 3. The molecule has 404 valence electrons. The minimum atomic E-state index is -0.763. The molecule has 0 fully saturated rings. The summed E-state index contributed by atoms with van der Waals surface area (Å²) in [5.41, 5.74) is 0. The van der Waals surface area contributed by atoms with Gasteiger partial charge in [-0.15, -0.1) is 0 Å². The van der Waals surface area contributed by atoms with Crippen molar-refractivity contribution in [1.82, 2.24) is 0 Å². The highest BCUT2D eigenvalue weighted by Crippen LogP contribution is 2.19. The first-order chi connectivity index (χ1) is 33.4. The smallest absolute Gasteiger partial charge is 0.306 e. The van der Waals surface area contributed by atoms with Gasteiger partial charge in [0.25, 0.3) is 0 Å². The van der Waals surface area contributed by atoms with Crippen LogP contribution in [0.1, 0.15) is 355 Å². The Morgan fingerprint density at radius 2 is 0.515 bits per heavy atom. The summed E-state index contributed by atoms with van der Waals surface area (Å²) >= 11 is 0. The van der Waals surface area contributed by atoms with Gasteiger partial charge in [0.2, 0.25) is 0 Å². The predicted octanol–water partition coefficient (Wildman–Crippen LogP) is 20.6. The lowest BCUT2D eigenvalue weighted by atomic mass is 9.99. The van der Waals surface area contributed by atoms with Crippen molar-refractivity contribution >= 4 is 17.9 Å². The second-order valence-corrected chi connectivity index (χ2v) is 21.6. The summed E-state index contributed by atoms with van der Waals surface area (Å²) in [7, 11) is 0. The highest BCUT2D eigenvalue weighted by molar-refractivity contribution is 5.71. The van der Waals surface area contributed by atoms with Crippen LogP contribution < -0.4 is 0 Å². The molecule has 0 radical (unpaired) electrons. The summed E-state index contributed by atoms with van der Waals surface area (Å²) in [6.07, 6.45) is 62.4. The van der Waals surface area contributed by atoms with Gasteiger partial charge in [0.15, 0.2) is 6.10 Å². The molecule has 0 amide bonds. The molecule has 0 saturated heterocycles. The van der Waals surface area contributed by atoms with Crippen LogP contribution in [0.15, 0.2) is 0 Å². The Hall–Kier alpha value is -1.59. The SMILES string of the molecule is CCCCCCCCCCCCCCCCCCCCCC(=O)OC[C@@H](COC(=O)CCCCCCCCCCCCC(C)CC)OC(=O)CCCCCCCCCCCCCCCCCCC. The van der Waals surface area contributed by atoms with Crippen molar-refractivity contribution in [3.63, 3.8) is 0 Å². The summed E-state index contributed by atoms with van der Waals surface area (Å²) in [5.74, 6) is 0.0381. The molecule has 0 aliphatic rings. The van der Waals surface area contributed by atoms with E-state index in [0.29, 0.717) is 19.3 Å². The first-order valence-corrected chi connectivity index (χ1v) is 30.9. The molecule has 0 bridgehead atoms. The van der Waals surface area contributed by atoms with E-state index in [1.807, 2.05) is 0 Å². The van der Waals surface area contributed by atoms with Gasteiger partial charge in [0.05, 0.1) is 0 Å². The number of rotatable bonds is 57. The molecule has 0 saturated carbocycles. The lowest BCUT2D eigenvalue weighted by Crippen LogP contribution is -2.30. The average molecular weight is 962 g/mol. The fraction of sp³-hybridized carbons (Fsp3) is 0.952. The van der Waals surface area contributed by atoms with Gasteiger partial charge in [-0.25, -0.2) is 0 Å². The molecular weight excluding hydrogens is 841 g/mol. The van der Waals surface area contributed by atoms with E-state index < -0.39 is 6.10 Å². The highest BCUT2D eigenvalue weighted by Gasteiger charge is 2.19. The largest absolute Gasteiger partial charge is 0.462 e. The summed E-state index contributed by atoms with van der Waals surface area (Å²) in [6.45, 7) is 9.10. The molecular formula is C62H120O6. The van der Waals surface area contributed by atoms with Gasteiger partial charge in [-0.2, -0.15) is 0 Å². The third-order valence-electron chi connectivity index (χ3n) is 14.7. The zero-order chi connectivity index (χ0) is 49.5. The van der Waals surface area contributed by atoms with Crippen LogP contribution in [-0.4, -0.2) is 37.2 Å². The van der Waals surface area contributed by atoms with Crippen LogP contribution in [0, 0.1) is 5.92 Å². The average Bonchev–Trinajstić information content (AvgIpc) is 3.34. The predicted molar refractivity (Wildman–Crippen MR) is 293 cm³/mol. The van der Waals surface area contributed by atoms with Crippen molar-refractivity contribution < 1.29 is 28.6 Å². The number of esters is 3. The first kappa shape index (κ1) is 66.4. The van der Waals surface area contributed by atoms with Crippen molar-refractivity contribution in [2.75, 3.05) is 13.2 Å². The molecule has 0 rings (SSSR count). The topological polar surface area (TPSA) is 78.9 Å². The Morgan fingerprint density at radius 1 is 0.294 bits per heavy atom. The van der Waals surface area contributed by atoms with Crippen molar-refractivity contribution in [1.29, 1.82) is 0 Å². The number of hydrogen-bond acceptors (Lipinski definition) is 6. The molecule has 6 heteroatoms. The number of carbonyl (C=O) groups excluding carboxylic acids is 3. The van der Waals surface area contributed by atoms with Crippen LogP contribution in [0.25, 0.3) is 0 Å². The van der Waals surface area contributed by atoms with E-state index in [9.17, 15) is 14.4 Å². The molecule has 0 N–H and O–H groups in total. The lowest BCUT2D eigenvalue weighted by Gasteiger charge is -2.18. The Morgan fingerprint density at radius 3 is 0.765 bits per heavy atom. The lowest BCUT2D eigenvalue weighted by molar-refractivity contribution is -0.167. The summed E-state index contributed by atoms with van der Waals surface area (Å²) in [5, 5.41) is 0. The highest BCUT2D eigenvalue weighted by atomic mass is 16.6. The molecule has 2 atom stereocenters. The van der Waals surface area contributed by atoms with Gasteiger partial charge in [-0.3, -0.25) is 14.4 Å². The molecule has 1 unspecified atom stereocenters. The maximum atomic E-state index is 12.9. The van der Waals surface area contributed by atoms with Crippen LogP contribution in [0.2, 0.25) is 0 Å². The third-order valence-corrected chi connectivity index (χ3v) is 14.7. The van der Waals surface area contributed by atoms with Gasteiger partial charge in [-0.1, -0.05) is 317 Å². The minimum Gasteiger partial charge on any atom is -0.462 e. The molecule has 68 heavy (non-hydrogen) atoms. The van der Waals surface area contributed by atoms with Crippen molar-refractivity contribution in [3.8, 4) is 0 Å². The molecule has 0 aromatic rings.